The predicted octanol–water partition coefficient (Wildman–Crippen LogP) is 5.41. The molecule has 1 aromatic heterocycles. The molecule has 0 radical (unpaired) electrons. The zero-order valence-corrected chi connectivity index (χ0v) is 22.0. The zero-order chi connectivity index (χ0) is 26.7. The van der Waals surface area contributed by atoms with Crippen LogP contribution in [0.3, 0.4) is 0 Å². The molecule has 0 atom stereocenters. The minimum absolute atomic E-state index is 0.0799. The topological polar surface area (TPSA) is 97.4 Å². The maximum atomic E-state index is 13.2. The number of hydrogen-bond donors (Lipinski definition) is 2. The third-order valence-corrected chi connectivity index (χ3v) is 6.27. The van der Waals surface area contributed by atoms with Crippen molar-refractivity contribution in [1.82, 2.24) is 15.6 Å². The highest BCUT2D eigenvalue weighted by Crippen LogP contribution is 2.38. The molecule has 1 heterocycles. The van der Waals surface area contributed by atoms with Gasteiger partial charge < -0.3 is 10.1 Å². The van der Waals surface area contributed by atoms with Crippen molar-refractivity contribution in [3.8, 4) is 0 Å². The Kier molecular flexibility index (Phi) is 7.43. The quantitative estimate of drug-likeness (QED) is 0.458. The molecule has 4 rings (SSSR count). The van der Waals surface area contributed by atoms with E-state index in [1.54, 1.807) is 13.8 Å². The number of para-hydroxylation sites is 1. The van der Waals surface area contributed by atoms with Crippen molar-refractivity contribution < 1.29 is 19.1 Å². The van der Waals surface area contributed by atoms with E-state index in [0.29, 0.717) is 22.9 Å². The van der Waals surface area contributed by atoms with Crippen molar-refractivity contribution in [2.45, 2.75) is 58.9 Å². The highest BCUT2D eigenvalue weighted by atomic mass is 16.5. The van der Waals surface area contributed by atoms with Gasteiger partial charge in [0.2, 0.25) is 0 Å². The highest BCUT2D eigenvalue weighted by molar-refractivity contribution is 6.08. The Bertz CT molecular complexity index is 1380. The van der Waals surface area contributed by atoms with Gasteiger partial charge in [-0.15, -0.1) is 0 Å². The van der Waals surface area contributed by atoms with E-state index in [0.717, 1.165) is 28.8 Å². The molecule has 1 aliphatic carbocycles. The molecule has 192 valence electrons. The molecular formula is C30H33N3O4. The molecule has 7 nitrogen and oxygen atoms in total. The normalized spacial score (nSPS) is 14.1. The molecule has 0 bridgehead atoms. The van der Waals surface area contributed by atoms with Crippen LogP contribution in [0.5, 0.6) is 0 Å². The van der Waals surface area contributed by atoms with Gasteiger partial charge in [-0.1, -0.05) is 63.2 Å². The summed E-state index contributed by atoms with van der Waals surface area (Å²) >= 11 is 0. The number of carbonyl (C=O) groups excluding carboxylic acids is 3. The van der Waals surface area contributed by atoms with Crippen molar-refractivity contribution in [2.24, 2.45) is 0 Å². The second-order valence-electron chi connectivity index (χ2n) is 10.6. The van der Waals surface area contributed by atoms with Crippen molar-refractivity contribution in [3.63, 3.8) is 0 Å². The van der Waals surface area contributed by atoms with Gasteiger partial charge in [-0.2, -0.15) is 0 Å². The number of nitrogens with zero attached hydrogens (tertiary/aromatic N) is 1. The standard InChI is InChI=1S/C30H33N3O4/c1-18(2)31-29(36)33-25(34)17-37-28(35)26-22-8-6-7-9-24(22)32-27-20(12-15-23(26)27)16-19-10-13-21(14-11-19)30(3,4)5/h6-11,13-14,16,18H,12,15,17H2,1-5H3,(H2,31,33,34,36). The number of ether oxygens (including phenoxy) is 1. The molecule has 3 aromatic rings. The molecule has 3 amide bonds. The van der Waals surface area contributed by atoms with E-state index < -0.39 is 24.5 Å². The van der Waals surface area contributed by atoms with Gasteiger partial charge in [0.05, 0.1) is 16.8 Å². The Labute approximate surface area is 217 Å². The predicted molar refractivity (Wildman–Crippen MR) is 145 cm³/mol. The summed E-state index contributed by atoms with van der Waals surface area (Å²) in [5.41, 5.74) is 6.19. The van der Waals surface area contributed by atoms with E-state index >= 15 is 0 Å². The van der Waals surface area contributed by atoms with Crippen LogP contribution in [0.15, 0.2) is 48.5 Å². The smallest absolute Gasteiger partial charge is 0.339 e. The first-order chi connectivity index (χ1) is 17.5. The van der Waals surface area contributed by atoms with Crippen LogP contribution in [0.25, 0.3) is 22.6 Å². The fraction of sp³-hybridized carbons (Fsp3) is 0.333. The number of amides is 3. The van der Waals surface area contributed by atoms with Crippen LogP contribution in [0.1, 0.15) is 73.8 Å². The first-order valence-corrected chi connectivity index (χ1v) is 12.5. The Morgan fingerprint density at radius 1 is 1.03 bits per heavy atom. The molecule has 0 saturated heterocycles. The third kappa shape index (κ3) is 6.05. The summed E-state index contributed by atoms with van der Waals surface area (Å²) in [4.78, 5) is 42.0. The molecule has 0 spiro atoms. The number of pyridine rings is 1. The van der Waals surface area contributed by atoms with Crippen LogP contribution in [-0.4, -0.2) is 35.5 Å². The number of nitrogens with one attached hydrogen (secondary N) is 2. The second kappa shape index (κ2) is 10.5. The number of hydrogen-bond acceptors (Lipinski definition) is 5. The van der Waals surface area contributed by atoms with Gasteiger partial charge in [-0.3, -0.25) is 10.1 Å². The van der Waals surface area contributed by atoms with Crippen LogP contribution in [0.4, 0.5) is 4.79 Å². The van der Waals surface area contributed by atoms with Crippen LogP contribution < -0.4 is 10.6 Å². The molecule has 0 unspecified atom stereocenters. The minimum Gasteiger partial charge on any atom is -0.452 e. The number of imide groups is 1. The number of benzene rings is 2. The van der Waals surface area contributed by atoms with Gasteiger partial charge in [0, 0.05) is 11.4 Å². The Balaban J connectivity index is 1.61. The van der Waals surface area contributed by atoms with Gasteiger partial charge in [0.25, 0.3) is 5.91 Å². The number of urea groups is 1. The Morgan fingerprint density at radius 3 is 2.41 bits per heavy atom. The monoisotopic (exact) mass is 499 g/mol. The van der Waals surface area contributed by atoms with Gasteiger partial charge in [-0.25, -0.2) is 14.6 Å². The summed E-state index contributed by atoms with van der Waals surface area (Å²) in [5.74, 6) is -1.30. The molecule has 0 fully saturated rings. The summed E-state index contributed by atoms with van der Waals surface area (Å²) in [7, 11) is 0. The molecule has 2 N–H and O–H groups in total. The lowest BCUT2D eigenvalue weighted by molar-refractivity contribution is -0.123. The number of esters is 1. The summed E-state index contributed by atoms with van der Waals surface area (Å²) < 4.78 is 5.35. The van der Waals surface area contributed by atoms with Gasteiger partial charge in [0.15, 0.2) is 6.61 Å². The van der Waals surface area contributed by atoms with Crippen molar-refractivity contribution in [3.05, 3.63) is 76.5 Å². The summed E-state index contributed by atoms with van der Waals surface area (Å²) in [6.07, 6.45) is 3.51. The SMILES string of the molecule is CC(C)NC(=O)NC(=O)COC(=O)c1c2c(nc3ccccc13)C(=Cc1ccc(C(C)(C)C)cc1)CC2. The Hall–Kier alpha value is -4.00. The second-order valence-corrected chi connectivity index (χ2v) is 10.6. The molecule has 1 aliphatic rings. The number of fused-ring (bicyclic) bond motifs is 2. The minimum atomic E-state index is -0.694. The highest BCUT2D eigenvalue weighted by Gasteiger charge is 2.28. The maximum absolute atomic E-state index is 13.2. The van der Waals surface area contributed by atoms with Crippen molar-refractivity contribution in [1.29, 1.82) is 0 Å². The number of allylic oxidation sites excluding steroid dienone is 1. The molecule has 7 heteroatoms. The number of aromatic nitrogens is 1. The lowest BCUT2D eigenvalue weighted by Gasteiger charge is -2.18. The van der Waals surface area contributed by atoms with E-state index in [2.05, 4.69) is 61.7 Å². The lowest BCUT2D eigenvalue weighted by atomic mass is 9.86. The summed E-state index contributed by atoms with van der Waals surface area (Å²) in [6.45, 7) is 9.57. The zero-order valence-electron chi connectivity index (χ0n) is 22.0. The summed E-state index contributed by atoms with van der Waals surface area (Å²) in [5, 5.41) is 5.41. The molecule has 0 aliphatic heterocycles. The van der Waals surface area contributed by atoms with Crippen molar-refractivity contribution in [2.75, 3.05) is 6.61 Å². The van der Waals surface area contributed by atoms with E-state index in [1.165, 1.54) is 5.56 Å². The van der Waals surface area contributed by atoms with E-state index in [-0.39, 0.29) is 11.5 Å². The molecule has 37 heavy (non-hydrogen) atoms. The fourth-order valence-electron chi connectivity index (χ4n) is 4.46. The average Bonchev–Trinajstić information content (AvgIpc) is 3.22. The molecule has 0 saturated carbocycles. The van der Waals surface area contributed by atoms with Crippen LogP contribution >= 0.6 is 0 Å². The Morgan fingerprint density at radius 2 is 1.73 bits per heavy atom. The van der Waals surface area contributed by atoms with E-state index in [1.807, 2.05) is 24.3 Å². The molecular weight excluding hydrogens is 466 g/mol. The van der Waals surface area contributed by atoms with Gasteiger partial charge in [0.1, 0.15) is 0 Å². The van der Waals surface area contributed by atoms with Crippen LogP contribution in [-0.2, 0) is 21.4 Å². The number of carbonyl (C=O) groups is 3. The van der Waals surface area contributed by atoms with Crippen LogP contribution in [0, 0.1) is 0 Å². The average molecular weight is 500 g/mol. The van der Waals surface area contributed by atoms with E-state index in [9.17, 15) is 14.4 Å². The fourth-order valence-corrected chi connectivity index (χ4v) is 4.46. The molecule has 2 aromatic carbocycles. The van der Waals surface area contributed by atoms with Gasteiger partial charge in [-0.05, 0) is 66.5 Å². The van der Waals surface area contributed by atoms with Crippen LogP contribution in [0.2, 0.25) is 0 Å². The first kappa shape index (κ1) is 26.1. The van der Waals surface area contributed by atoms with Gasteiger partial charge >= 0.3 is 12.0 Å². The third-order valence-electron chi connectivity index (χ3n) is 6.27. The van der Waals surface area contributed by atoms with E-state index in [4.69, 9.17) is 9.72 Å². The maximum Gasteiger partial charge on any atom is 0.339 e. The number of rotatable bonds is 5. The lowest BCUT2D eigenvalue weighted by Crippen LogP contribution is -2.44. The van der Waals surface area contributed by atoms with Crippen molar-refractivity contribution >= 4 is 40.5 Å². The largest absolute Gasteiger partial charge is 0.452 e. The summed E-state index contributed by atoms with van der Waals surface area (Å²) in [6, 6.07) is 15.2. The first-order valence-electron chi connectivity index (χ1n) is 12.5.